The molecule has 0 atom stereocenters. The number of benzene rings is 1. The van der Waals surface area contributed by atoms with Crippen molar-refractivity contribution in [1.29, 1.82) is 0 Å². The number of hydrogen-bond donors (Lipinski definition) is 1. The number of hydrazone groups is 1. The Morgan fingerprint density at radius 1 is 1.41 bits per heavy atom. The molecule has 0 aliphatic carbocycles. The highest BCUT2D eigenvalue weighted by molar-refractivity contribution is 5.85. The number of aromatic nitrogens is 2. The van der Waals surface area contributed by atoms with E-state index < -0.39 is 0 Å². The lowest BCUT2D eigenvalue weighted by Gasteiger charge is -2.06. The van der Waals surface area contributed by atoms with Gasteiger partial charge in [-0.3, -0.25) is 9.48 Å². The molecule has 6 heteroatoms. The second kappa shape index (κ2) is 7.40. The Morgan fingerprint density at radius 2 is 2.18 bits per heavy atom. The third-order valence-corrected chi connectivity index (χ3v) is 3.01. The van der Waals surface area contributed by atoms with E-state index in [0.29, 0.717) is 6.61 Å². The Kier molecular flexibility index (Phi) is 5.30. The topological polar surface area (TPSA) is 68.5 Å². The molecule has 1 heterocycles. The van der Waals surface area contributed by atoms with Gasteiger partial charge >= 0.3 is 0 Å². The Labute approximate surface area is 129 Å². The van der Waals surface area contributed by atoms with Crippen LogP contribution in [-0.2, 0) is 11.3 Å². The number of aryl methyl sites for hydroxylation is 2. The van der Waals surface area contributed by atoms with E-state index in [1.807, 2.05) is 51.1 Å². The second-order valence-corrected chi connectivity index (χ2v) is 4.85. The third-order valence-electron chi connectivity index (χ3n) is 3.01. The van der Waals surface area contributed by atoms with Gasteiger partial charge in [-0.25, -0.2) is 5.43 Å². The highest BCUT2D eigenvalue weighted by atomic mass is 16.5. The molecule has 116 valence electrons. The smallest absolute Gasteiger partial charge is 0.261 e. The van der Waals surface area contributed by atoms with Gasteiger partial charge in [0.15, 0.2) is 0 Å². The lowest BCUT2D eigenvalue weighted by Crippen LogP contribution is -2.24. The van der Waals surface area contributed by atoms with E-state index in [0.717, 1.165) is 22.7 Å². The fourth-order valence-electron chi connectivity index (χ4n) is 2.05. The number of rotatable bonds is 6. The maximum atomic E-state index is 11.9. The molecule has 0 saturated heterocycles. The lowest BCUT2D eigenvalue weighted by molar-refractivity contribution is -0.121. The monoisotopic (exact) mass is 300 g/mol. The number of carbonyl (C=O) groups excluding carboxylic acids is 1. The van der Waals surface area contributed by atoms with Crippen LogP contribution < -0.4 is 10.2 Å². The quantitative estimate of drug-likeness (QED) is 0.656. The van der Waals surface area contributed by atoms with Crippen LogP contribution in [0.1, 0.15) is 23.9 Å². The van der Waals surface area contributed by atoms with Crippen LogP contribution in [0.15, 0.2) is 35.4 Å². The van der Waals surface area contributed by atoms with E-state index in [4.69, 9.17) is 4.74 Å². The van der Waals surface area contributed by atoms with E-state index in [1.54, 1.807) is 10.9 Å². The maximum Gasteiger partial charge on any atom is 0.261 e. The van der Waals surface area contributed by atoms with Crippen molar-refractivity contribution in [3.05, 3.63) is 47.3 Å². The summed E-state index contributed by atoms with van der Waals surface area (Å²) in [4.78, 5) is 11.9. The first-order valence-electron chi connectivity index (χ1n) is 7.15. The summed E-state index contributed by atoms with van der Waals surface area (Å²) < 4.78 is 7.14. The predicted molar refractivity (Wildman–Crippen MR) is 85.0 cm³/mol. The summed E-state index contributed by atoms with van der Waals surface area (Å²) in [7, 11) is 0. The zero-order valence-corrected chi connectivity index (χ0v) is 13.0. The Balaban J connectivity index is 1.95. The first kappa shape index (κ1) is 15.8. The van der Waals surface area contributed by atoms with Gasteiger partial charge in [0.2, 0.25) is 0 Å². The van der Waals surface area contributed by atoms with Gasteiger partial charge in [0.05, 0.1) is 18.5 Å². The molecule has 1 aromatic heterocycles. The Bertz CT molecular complexity index is 677. The van der Waals surface area contributed by atoms with Crippen molar-refractivity contribution in [1.82, 2.24) is 15.2 Å². The van der Waals surface area contributed by atoms with Crippen LogP contribution in [0.3, 0.4) is 0 Å². The van der Waals surface area contributed by atoms with E-state index in [-0.39, 0.29) is 12.5 Å². The number of para-hydroxylation sites is 1. The average molecular weight is 300 g/mol. The van der Waals surface area contributed by atoms with Crippen molar-refractivity contribution in [2.24, 2.45) is 5.10 Å². The molecule has 2 rings (SSSR count). The zero-order valence-electron chi connectivity index (χ0n) is 13.0. The van der Waals surface area contributed by atoms with Gasteiger partial charge in [-0.1, -0.05) is 12.1 Å². The SMILES string of the molecule is CCOc1ccccc1/C=N/NC(=O)Cn1nc(C)cc1C. The standard InChI is InChI=1S/C16H20N4O2/c1-4-22-15-8-6-5-7-14(15)10-17-18-16(21)11-20-13(3)9-12(2)19-20/h5-10H,4,11H2,1-3H3,(H,18,21)/b17-10+. The molecule has 2 aromatic rings. The number of amides is 1. The van der Waals surface area contributed by atoms with Crippen LogP contribution in [0.5, 0.6) is 5.75 Å². The maximum absolute atomic E-state index is 11.9. The molecule has 0 unspecified atom stereocenters. The van der Waals surface area contributed by atoms with E-state index in [1.165, 1.54) is 0 Å². The summed E-state index contributed by atoms with van der Waals surface area (Å²) in [6, 6.07) is 9.45. The Hall–Kier alpha value is -2.63. The molecule has 0 aliphatic rings. The molecule has 0 spiro atoms. The molecule has 0 aliphatic heterocycles. The number of nitrogens with zero attached hydrogens (tertiary/aromatic N) is 3. The Morgan fingerprint density at radius 3 is 2.86 bits per heavy atom. The molecule has 1 amide bonds. The normalized spacial score (nSPS) is 10.9. The first-order chi connectivity index (χ1) is 10.6. The zero-order chi connectivity index (χ0) is 15.9. The summed E-state index contributed by atoms with van der Waals surface area (Å²) in [6.45, 7) is 6.45. The van der Waals surface area contributed by atoms with Gasteiger partial charge in [0, 0.05) is 11.3 Å². The first-order valence-corrected chi connectivity index (χ1v) is 7.15. The van der Waals surface area contributed by atoms with Crippen molar-refractivity contribution in [3.8, 4) is 5.75 Å². The molecule has 0 radical (unpaired) electrons. The van der Waals surface area contributed by atoms with Gasteiger partial charge in [0.1, 0.15) is 12.3 Å². The van der Waals surface area contributed by atoms with Crippen LogP contribution >= 0.6 is 0 Å². The minimum atomic E-state index is -0.226. The molecule has 0 bridgehead atoms. The van der Waals surface area contributed by atoms with Gasteiger partial charge in [0.25, 0.3) is 5.91 Å². The van der Waals surface area contributed by atoms with Crippen molar-refractivity contribution in [2.75, 3.05) is 6.61 Å². The summed E-state index contributed by atoms with van der Waals surface area (Å²) in [6.07, 6.45) is 1.57. The predicted octanol–water partition coefficient (Wildman–Crippen LogP) is 2.05. The van der Waals surface area contributed by atoms with Crippen LogP contribution in [-0.4, -0.2) is 28.5 Å². The average Bonchev–Trinajstić information content (AvgIpc) is 2.79. The van der Waals surface area contributed by atoms with Crippen molar-refractivity contribution in [2.45, 2.75) is 27.3 Å². The number of hydrogen-bond acceptors (Lipinski definition) is 4. The number of nitrogens with one attached hydrogen (secondary N) is 1. The van der Waals surface area contributed by atoms with Crippen molar-refractivity contribution in [3.63, 3.8) is 0 Å². The molecular formula is C16H20N4O2. The van der Waals surface area contributed by atoms with E-state index in [2.05, 4.69) is 15.6 Å². The molecule has 1 N–H and O–H groups in total. The number of ether oxygens (including phenoxy) is 1. The van der Waals surface area contributed by atoms with Crippen molar-refractivity contribution < 1.29 is 9.53 Å². The number of carbonyl (C=O) groups is 1. The fourth-order valence-corrected chi connectivity index (χ4v) is 2.05. The molecule has 0 fully saturated rings. The van der Waals surface area contributed by atoms with Crippen LogP contribution in [0.2, 0.25) is 0 Å². The highest BCUT2D eigenvalue weighted by Crippen LogP contribution is 2.15. The summed E-state index contributed by atoms with van der Waals surface area (Å²) >= 11 is 0. The molecular weight excluding hydrogens is 280 g/mol. The summed E-state index contributed by atoms with van der Waals surface area (Å²) in [5.74, 6) is 0.512. The minimum absolute atomic E-state index is 0.143. The van der Waals surface area contributed by atoms with Crippen LogP contribution in [0.25, 0.3) is 0 Å². The van der Waals surface area contributed by atoms with Gasteiger partial charge in [-0.2, -0.15) is 10.2 Å². The van der Waals surface area contributed by atoms with Gasteiger partial charge in [-0.15, -0.1) is 0 Å². The largest absolute Gasteiger partial charge is 0.493 e. The van der Waals surface area contributed by atoms with Crippen LogP contribution in [0.4, 0.5) is 0 Å². The summed E-state index contributed by atoms with van der Waals surface area (Å²) in [5.41, 5.74) is 5.15. The van der Waals surface area contributed by atoms with Gasteiger partial charge in [-0.05, 0) is 39.0 Å². The summed E-state index contributed by atoms with van der Waals surface area (Å²) in [5, 5.41) is 8.21. The molecule has 22 heavy (non-hydrogen) atoms. The van der Waals surface area contributed by atoms with E-state index in [9.17, 15) is 4.79 Å². The second-order valence-electron chi connectivity index (χ2n) is 4.85. The third kappa shape index (κ3) is 4.18. The van der Waals surface area contributed by atoms with E-state index >= 15 is 0 Å². The molecule has 1 aromatic carbocycles. The lowest BCUT2D eigenvalue weighted by atomic mass is 10.2. The fraction of sp³-hybridized carbons (Fsp3) is 0.312. The molecule has 6 nitrogen and oxygen atoms in total. The minimum Gasteiger partial charge on any atom is -0.493 e. The van der Waals surface area contributed by atoms with Gasteiger partial charge < -0.3 is 4.74 Å². The van der Waals surface area contributed by atoms with Crippen molar-refractivity contribution >= 4 is 12.1 Å². The highest BCUT2D eigenvalue weighted by Gasteiger charge is 2.06. The van der Waals surface area contributed by atoms with Crippen LogP contribution in [0, 0.1) is 13.8 Å². The molecule has 0 saturated carbocycles.